The monoisotopic (exact) mass is 300 g/mol. The highest BCUT2D eigenvalue weighted by Gasteiger charge is 2.11. The Morgan fingerprint density at radius 1 is 1.29 bits per heavy atom. The number of carboxylic acid groups (broad SMARTS) is 1. The third kappa shape index (κ3) is 2.61. The van der Waals surface area contributed by atoms with Gasteiger partial charge >= 0.3 is 5.97 Å². The van der Waals surface area contributed by atoms with Crippen molar-refractivity contribution < 1.29 is 9.90 Å². The molecule has 0 aliphatic heterocycles. The highest BCUT2D eigenvalue weighted by atomic mass is 35.5. The van der Waals surface area contributed by atoms with Crippen LogP contribution in [-0.4, -0.2) is 31.1 Å². The zero-order valence-electron chi connectivity index (χ0n) is 10.6. The van der Waals surface area contributed by atoms with Gasteiger partial charge in [0.2, 0.25) is 0 Å². The minimum Gasteiger partial charge on any atom is -0.478 e. The number of carboxylic acids is 1. The summed E-state index contributed by atoms with van der Waals surface area (Å²) in [7, 11) is 0. The second-order valence-electron chi connectivity index (χ2n) is 4.26. The van der Waals surface area contributed by atoms with Crippen molar-refractivity contribution >= 4 is 17.6 Å². The van der Waals surface area contributed by atoms with E-state index < -0.39 is 5.97 Å². The Hall–Kier alpha value is -2.73. The summed E-state index contributed by atoms with van der Waals surface area (Å²) in [6.07, 6.45) is 5.05. The fraction of sp³-hybridized carbons (Fsp3) is 0. The first-order chi connectivity index (χ1) is 10.1. The van der Waals surface area contributed by atoms with E-state index in [-0.39, 0.29) is 10.6 Å². The summed E-state index contributed by atoms with van der Waals surface area (Å²) in [6, 6.07) is 8.32. The lowest BCUT2D eigenvalue weighted by molar-refractivity contribution is 0.0697. The van der Waals surface area contributed by atoms with Gasteiger partial charge in [-0.05, 0) is 30.3 Å². The van der Waals surface area contributed by atoms with E-state index in [4.69, 9.17) is 16.7 Å². The first-order valence-corrected chi connectivity index (χ1v) is 6.39. The van der Waals surface area contributed by atoms with Crippen LogP contribution in [0.1, 0.15) is 10.4 Å². The van der Waals surface area contributed by atoms with Gasteiger partial charge in [-0.1, -0.05) is 16.8 Å². The predicted octanol–water partition coefficient (Wildman–Crippen LogP) is 2.68. The molecule has 0 bridgehead atoms. The number of aromatic carboxylic acids is 1. The Kier molecular flexibility index (Phi) is 3.37. The molecule has 0 spiro atoms. The van der Waals surface area contributed by atoms with E-state index in [0.717, 1.165) is 5.56 Å². The van der Waals surface area contributed by atoms with Gasteiger partial charge in [-0.3, -0.25) is 4.98 Å². The molecule has 6 nitrogen and oxygen atoms in total. The molecule has 0 amide bonds. The Morgan fingerprint density at radius 3 is 2.86 bits per heavy atom. The van der Waals surface area contributed by atoms with E-state index >= 15 is 0 Å². The highest BCUT2D eigenvalue weighted by molar-refractivity contribution is 6.33. The van der Waals surface area contributed by atoms with Gasteiger partial charge in [0.25, 0.3) is 0 Å². The number of hydrogen-bond donors (Lipinski definition) is 1. The molecule has 0 saturated heterocycles. The zero-order valence-corrected chi connectivity index (χ0v) is 11.4. The summed E-state index contributed by atoms with van der Waals surface area (Å²) in [6.45, 7) is 0. The molecule has 2 aromatic heterocycles. The minimum absolute atomic E-state index is 0.0209. The fourth-order valence-electron chi connectivity index (χ4n) is 1.86. The standard InChI is InChI=1S/C14H9ClN4O2/c15-12-4-3-10(6-11(12)14(20)21)19-8-13(17-18-19)9-2-1-5-16-7-9/h1-8H,(H,20,21). The lowest BCUT2D eigenvalue weighted by atomic mass is 10.2. The van der Waals surface area contributed by atoms with Crippen molar-refractivity contribution in [3.8, 4) is 16.9 Å². The van der Waals surface area contributed by atoms with Crippen molar-refractivity contribution in [1.29, 1.82) is 0 Å². The van der Waals surface area contributed by atoms with E-state index in [1.165, 1.54) is 16.8 Å². The fourth-order valence-corrected chi connectivity index (χ4v) is 2.05. The molecule has 2 heterocycles. The van der Waals surface area contributed by atoms with Gasteiger partial charge in [-0.15, -0.1) is 5.10 Å². The number of carbonyl (C=O) groups is 1. The number of nitrogens with zero attached hydrogens (tertiary/aromatic N) is 4. The zero-order chi connectivity index (χ0) is 14.8. The normalized spacial score (nSPS) is 10.5. The Balaban J connectivity index is 2.01. The SMILES string of the molecule is O=C(O)c1cc(-n2cc(-c3cccnc3)nn2)ccc1Cl. The number of rotatable bonds is 3. The largest absolute Gasteiger partial charge is 0.478 e. The first-order valence-electron chi connectivity index (χ1n) is 6.01. The van der Waals surface area contributed by atoms with E-state index in [9.17, 15) is 4.79 Å². The molecule has 7 heteroatoms. The quantitative estimate of drug-likeness (QED) is 0.804. The van der Waals surface area contributed by atoms with Gasteiger partial charge in [-0.25, -0.2) is 9.48 Å². The number of halogens is 1. The molecule has 0 atom stereocenters. The van der Waals surface area contributed by atoms with E-state index in [0.29, 0.717) is 11.4 Å². The molecule has 21 heavy (non-hydrogen) atoms. The van der Waals surface area contributed by atoms with Crippen LogP contribution in [0.4, 0.5) is 0 Å². The van der Waals surface area contributed by atoms with Gasteiger partial charge in [0.05, 0.1) is 22.5 Å². The third-order valence-electron chi connectivity index (χ3n) is 2.90. The smallest absolute Gasteiger partial charge is 0.337 e. The molecule has 0 radical (unpaired) electrons. The molecule has 0 saturated carbocycles. The topological polar surface area (TPSA) is 80.9 Å². The van der Waals surface area contributed by atoms with Gasteiger partial charge in [0.15, 0.2) is 0 Å². The molecule has 0 aliphatic rings. The Bertz CT molecular complexity index is 802. The molecule has 0 unspecified atom stereocenters. The molecule has 0 fully saturated rings. The molecule has 1 aromatic carbocycles. The second kappa shape index (κ2) is 5.34. The maximum Gasteiger partial charge on any atom is 0.337 e. The van der Waals surface area contributed by atoms with Crippen LogP contribution in [0.25, 0.3) is 16.9 Å². The van der Waals surface area contributed by atoms with E-state index in [2.05, 4.69) is 15.3 Å². The lowest BCUT2D eigenvalue weighted by Gasteiger charge is -2.03. The Labute approximate surface area is 124 Å². The maximum absolute atomic E-state index is 11.1. The predicted molar refractivity (Wildman–Crippen MR) is 76.6 cm³/mol. The summed E-state index contributed by atoms with van der Waals surface area (Å²) in [5.74, 6) is -1.09. The van der Waals surface area contributed by atoms with E-state index in [1.807, 2.05) is 6.07 Å². The summed E-state index contributed by atoms with van der Waals surface area (Å²) in [5, 5.41) is 17.3. The van der Waals surface area contributed by atoms with Crippen LogP contribution in [0, 0.1) is 0 Å². The number of aromatic nitrogens is 4. The van der Waals surface area contributed by atoms with Crippen molar-refractivity contribution in [3.63, 3.8) is 0 Å². The summed E-state index contributed by atoms with van der Waals surface area (Å²) in [5.41, 5.74) is 2.07. The molecule has 3 aromatic rings. The molecule has 104 valence electrons. The van der Waals surface area contributed by atoms with Crippen LogP contribution in [0.15, 0.2) is 48.9 Å². The van der Waals surface area contributed by atoms with Crippen molar-refractivity contribution in [2.24, 2.45) is 0 Å². The van der Waals surface area contributed by atoms with Crippen LogP contribution in [0.2, 0.25) is 5.02 Å². The lowest BCUT2D eigenvalue weighted by Crippen LogP contribution is -2.01. The third-order valence-corrected chi connectivity index (χ3v) is 3.23. The van der Waals surface area contributed by atoms with Gasteiger partial charge in [0.1, 0.15) is 5.69 Å². The molecule has 1 N–H and O–H groups in total. The van der Waals surface area contributed by atoms with Crippen molar-refractivity contribution in [1.82, 2.24) is 20.0 Å². The minimum atomic E-state index is -1.09. The average Bonchev–Trinajstić information content (AvgIpc) is 2.98. The second-order valence-corrected chi connectivity index (χ2v) is 4.67. The molecular weight excluding hydrogens is 292 g/mol. The van der Waals surface area contributed by atoms with Crippen LogP contribution in [0.5, 0.6) is 0 Å². The summed E-state index contributed by atoms with van der Waals surface area (Å²) >= 11 is 5.85. The number of benzene rings is 1. The number of hydrogen-bond acceptors (Lipinski definition) is 4. The van der Waals surface area contributed by atoms with E-state index in [1.54, 1.807) is 30.7 Å². The van der Waals surface area contributed by atoms with Crippen molar-refractivity contribution in [2.45, 2.75) is 0 Å². The molecule has 3 rings (SSSR count). The van der Waals surface area contributed by atoms with Gasteiger partial charge in [-0.2, -0.15) is 0 Å². The summed E-state index contributed by atoms with van der Waals surface area (Å²) < 4.78 is 1.49. The van der Waals surface area contributed by atoms with Crippen LogP contribution in [0.3, 0.4) is 0 Å². The Morgan fingerprint density at radius 2 is 2.14 bits per heavy atom. The molecular formula is C14H9ClN4O2. The average molecular weight is 301 g/mol. The number of pyridine rings is 1. The van der Waals surface area contributed by atoms with Crippen LogP contribution in [-0.2, 0) is 0 Å². The first kappa shape index (κ1) is 13.3. The molecule has 0 aliphatic carbocycles. The van der Waals surface area contributed by atoms with Gasteiger partial charge in [0, 0.05) is 18.0 Å². The highest BCUT2D eigenvalue weighted by Crippen LogP contribution is 2.21. The van der Waals surface area contributed by atoms with Crippen LogP contribution < -0.4 is 0 Å². The summed E-state index contributed by atoms with van der Waals surface area (Å²) in [4.78, 5) is 15.1. The van der Waals surface area contributed by atoms with Crippen LogP contribution >= 0.6 is 11.6 Å². The van der Waals surface area contributed by atoms with Crippen molar-refractivity contribution in [3.05, 3.63) is 59.5 Å². The maximum atomic E-state index is 11.1. The van der Waals surface area contributed by atoms with Gasteiger partial charge < -0.3 is 5.11 Å². The van der Waals surface area contributed by atoms with Crippen molar-refractivity contribution in [2.75, 3.05) is 0 Å².